The third-order valence-electron chi connectivity index (χ3n) is 6.27. The third kappa shape index (κ3) is 4.20. The Balaban J connectivity index is 1.59. The van der Waals surface area contributed by atoms with E-state index >= 15 is 0 Å². The first-order valence-corrected chi connectivity index (χ1v) is 11.1. The van der Waals surface area contributed by atoms with Gasteiger partial charge in [0.15, 0.2) is 25.5 Å². The molecule has 0 aliphatic heterocycles. The maximum Gasteiger partial charge on any atom is 0.488 e. The van der Waals surface area contributed by atoms with Gasteiger partial charge in [-0.3, -0.25) is 0 Å². The number of nitrogens with zero attached hydrogens (tertiary/aromatic N) is 2. The molecule has 166 valence electrons. The highest BCUT2D eigenvalue weighted by atomic mass is 16.4. The van der Waals surface area contributed by atoms with Crippen molar-refractivity contribution >= 4 is 47.0 Å². The fraction of sp³-hybridized carbons (Fsp3) is 0.0769. The lowest BCUT2D eigenvalue weighted by Crippen LogP contribution is -2.42. The summed E-state index contributed by atoms with van der Waals surface area (Å²) >= 11 is 0. The number of fused-ring (bicyclic) bond motifs is 3. The molecule has 0 amide bonds. The van der Waals surface area contributed by atoms with Gasteiger partial charge in [0.05, 0.1) is 10.8 Å². The molecule has 6 nitrogen and oxygen atoms in total. The summed E-state index contributed by atoms with van der Waals surface area (Å²) in [5.74, 6) is 0. The predicted octanol–water partition coefficient (Wildman–Crippen LogP) is 0.0242. The molecule has 5 aromatic rings. The maximum atomic E-state index is 9.75. The fourth-order valence-electron chi connectivity index (χ4n) is 4.61. The minimum atomic E-state index is -1.52. The Hall–Kier alpha value is -3.55. The molecule has 0 unspecified atom stereocenters. The summed E-state index contributed by atoms with van der Waals surface area (Å²) < 4.78 is 4.20. The number of pyridine rings is 2. The fourth-order valence-corrected chi connectivity index (χ4v) is 4.61. The molecule has 2 aromatic heterocycles. The van der Waals surface area contributed by atoms with Gasteiger partial charge in [-0.2, -0.15) is 9.13 Å². The molecule has 0 bridgehead atoms. The molecule has 0 atom stereocenters. The largest absolute Gasteiger partial charge is 0.488 e. The van der Waals surface area contributed by atoms with Crippen LogP contribution in [0.3, 0.4) is 0 Å². The van der Waals surface area contributed by atoms with Crippen molar-refractivity contribution in [1.29, 1.82) is 0 Å². The topological polar surface area (TPSA) is 88.7 Å². The van der Waals surface area contributed by atoms with Gasteiger partial charge < -0.3 is 20.1 Å². The van der Waals surface area contributed by atoms with Crippen LogP contribution in [0.2, 0.25) is 0 Å². The van der Waals surface area contributed by atoms with E-state index in [9.17, 15) is 20.1 Å². The van der Waals surface area contributed by atoms with Crippen molar-refractivity contribution in [1.82, 2.24) is 0 Å². The van der Waals surface area contributed by atoms with E-state index in [-0.39, 0.29) is 0 Å². The predicted molar refractivity (Wildman–Crippen MR) is 133 cm³/mol. The lowest BCUT2D eigenvalue weighted by molar-refractivity contribution is -0.663. The monoisotopic (exact) mass is 450 g/mol. The first-order chi connectivity index (χ1) is 16.5. The number of benzene rings is 3. The van der Waals surface area contributed by atoms with Crippen LogP contribution in [0.4, 0.5) is 0 Å². The summed E-state index contributed by atoms with van der Waals surface area (Å²) in [6.07, 6.45) is 3.98. The standard InChI is InChI=1S/C26H24B2N2O4/c31-27(32)23-11-3-1-7-19(23)17-29-15-5-9-21-22-10-6-16-30(26(22)14-13-25(21)29)18-20-8-2-4-12-24(20)28(33)34/h1-16,31-34H,17-18H2/q+2. The molecule has 0 radical (unpaired) electrons. The summed E-state index contributed by atoms with van der Waals surface area (Å²) in [6, 6.07) is 26.9. The summed E-state index contributed by atoms with van der Waals surface area (Å²) in [6.45, 7) is 1.01. The van der Waals surface area contributed by atoms with Crippen molar-refractivity contribution in [2.75, 3.05) is 0 Å². The molecular weight excluding hydrogens is 426 g/mol. The van der Waals surface area contributed by atoms with E-state index in [1.54, 1.807) is 24.3 Å². The Morgan fingerprint density at radius 1 is 0.500 bits per heavy atom. The van der Waals surface area contributed by atoms with Gasteiger partial charge in [-0.05, 0) is 23.1 Å². The van der Waals surface area contributed by atoms with Crippen molar-refractivity contribution in [2.45, 2.75) is 13.1 Å². The van der Waals surface area contributed by atoms with E-state index < -0.39 is 14.2 Å². The molecule has 0 saturated heterocycles. The van der Waals surface area contributed by atoms with E-state index in [0.717, 1.165) is 32.9 Å². The summed E-state index contributed by atoms with van der Waals surface area (Å²) in [5.41, 5.74) is 4.74. The smallest absolute Gasteiger partial charge is 0.423 e. The molecule has 3 aromatic carbocycles. The normalized spacial score (nSPS) is 11.2. The molecule has 0 saturated carbocycles. The Kier molecular flexibility index (Phi) is 6.13. The second-order valence-corrected chi connectivity index (χ2v) is 8.35. The number of hydrogen-bond donors (Lipinski definition) is 4. The second-order valence-electron chi connectivity index (χ2n) is 8.35. The molecule has 0 aliphatic carbocycles. The highest BCUT2D eigenvalue weighted by Gasteiger charge is 2.22. The zero-order valence-electron chi connectivity index (χ0n) is 18.5. The zero-order chi connectivity index (χ0) is 23.7. The van der Waals surface area contributed by atoms with E-state index in [1.807, 2.05) is 48.8 Å². The molecule has 0 fully saturated rings. The first kappa shape index (κ1) is 22.3. The van der Waals surface area contributed by atoms with Gasteiger partial charge in [-0.15, -0.1) is 0 Å². The van der Waals surface area contributed by atoms with Gasteiger partial charge in [-0.1, -0.05) is 48.5 Å². The van der Waals surface area contributed by atoms with Crippen molar-refractivity contribution < 1.29 is 29.2 Å². The van der Waals surface area contributed by atoms with Crippen LogP contribution in [-0.4, -0.2) is 34.3 Å². The van der Waals surface area contributed by atoms with Crippen molar-refractivity contribution in [3.63, 3.8) is 0 Å². The van der Waals surface area contributed by atoms with Gasteiger partial charge in [-0.25, -0.2) is 0 Å². The molecule has 4 N–H and O–H groups in total. The Labute approximate surface area is 197 Å². The van der Waals surface area contributed by atoms with Gasteiger partial charge in [0.2, 0.25) is 11.0 Å². The molecular formula is C26H24B2N2O4+2. The number of hydrogen-bond acceptors (Lipinski definition) is 4. The maximum absolute atomic E-state index is 9.75. The Bertz CT molecular complexity index is 1380. The molecule has 0 spiro atoms. The highest BCUT2D eigenvalue weighted by molar-refractivity contribution is 6.59. The molecule has 5 rings (SSSR count). The Morgan fingerprint density at radius 3 is 1.32 bits per heavy atom. The lowest BCUT2D eigenvalue weighted by Gasteiger charge is -2.09. The lowest BCUT2D eigenvalue weighted by atomic mass is 9.77. The number of rotatable bonds is 6. The van der Waals surface area contributed by atoms with Gasteiger partial charge >= 0.3 is 14.2 Å². The van der Waals surface area contributed by atoms with Crippen LogP contribution in [0.5, 0.6) is 0 Å². The van der Waals surface area contributed by atoms with E-state index in [0.29, 0.717) is 24.0 Å². The average Bonchev–Trinajstić information content (AvgIpc) is 2.84. The van der Waals surface area contributed by atoms with Crippen LogP contribution in [0.1, 0.15) is 11.1 Å². The van der Waals surface area contributed by atoms with Crippen LogP contribution in [0.15, 0.2) is 97.3 Å². The van der Waals surface area contributed by atoms with E-state index in [2.05, 4.69) is 33.4 Å². The minimum absolute atomic E-state index is 0.496. The quantitative estimate of drug-likeness (QED) is 0.167. The summed E-state index contributed by atoms with van der Waals surface area (Å²) in [5, 5.41) is 41.2. The van der Waals surface area contributed by atoms with Gasteiger partial charge in [0, 0.05) is 35.4 Å². The molecule has 0 aliphatic rings. The highest BCUT2D eigenvalue weighted by Crippen LogP contribution is 2.21. The summed E-state index contributed by atoms with van der Waals surface area (Å²) in [7, 11) is -3.04. The average molecular weight is 450 g/mol. The minimum Gasteiger partial charge on any atom is -0.423 e. The van der Waals surface area contributed by atoms with Crippen molar-refractivity contribution in [2.24, 2.45) is 0 Å². The SMILES string of the molecule is OB(O)c1ccccc1C[n+]1cccc2c3ccc[n+](Cc4ccccc4B(O)O)c3ccc21. The third-order valence-corrected chi connectivity index (χ3v) is 6.27. The number of aromatic nitrogens is 2. The van der Waals surface area contributed by atoms with Crippen LogP contribution in [-0.2, 0) is 13.1 Å². The summed E-state index contributed by atoms with van der Waals surface area (Å²) in [4.78, 5) is 0. The first-order valence-electron chi connectivity index (χ1n) is 11.1. The van der Waals surface area contributed by atoms with E-state index in [1.165, 1.54) is 0 Å². The zero-order valence-corrected chi connectivity index (χ0v) is 18.5. The second kappa shape index (κ2) is 9.37. The van der Waals surface area contributed by atoms with E-state index in [4.69, 9.17) is 0 Å². The van der Waals surface area contributed by atoms with Crippen LogP contribution < -0.4 is 20.1 Å². The van der Waals surface area contributed by atoms with Crippen molar-refractivity contribution in [3.05, 3.63) is 108 Å². The molecule has 8 heteroatoms. The molecule has 34 heavy (non-hydrogen) atoms. The Morgan fingerprint density at radius 2 is 0.912 bits per heavy atom. The van der Waals surface area contributed by atoms with Crippen LogP contribution >= 0.6 is 0 Å². The van der Waals surface area contributed by atoms with Crippen molar-refractivity contribution in [3.8, 4) is 0 Å². The molecule has 2 heterocycles. The van der Waals surface area contributed by atoms with Crippen LogP contribution in [0.25, 0.3) is 21.8 Å². The van der Waals surface area contributed by atoms with Gasteiger partial charge in [0.1, 0.15) is 0 Å². The van der Waals surface area contributed by atoms with Gasteiger partial charge in [0.25, 0.3) is 0 Å². The van der Waals surface area contributed by atoms with Crippen LogP contribution in [0, 0.1) is 0 Å².